The van der Waals surface area contributed by atoms with Crippen LogP contribution in [0.3, 0.4) is 0 Å². The molecule has 0 aromatic heterocycles. The molecule has 9 unspecified atom stereocenters. The van der Waals surface area contributed by atoms with Crippen LogP contribution < -0.4 is 17.2 Å². The molecule has 3 rings (SSSR count). The van der Waals surface area contributed by atoms with E-state index in [0.29, 0.717) is 39.7 Å². The van der Waals surface area contributed by atoms with Gasteiger partial charge in [0.1, 0.15) is 0 Å². The third kappa shape index (κ3) is 11.7. The van der Waals surface area contributed by atoms with Crippen molar-refractivity contribution < 1.29 is 59.1 Å². The van der Waals surface area contributed by atoms with E-state index in [4.69, 9.17) is 27.2 Å². The minimum atomic E-state index is -1.24. The van der Waals surface area contributed by atoms with Gasteiger partial charge in [-0.05, 0) is 69.4 Å². The summed E-state index contributed by atoms with van der Waals surface area (Å²) in [7, 11) is 0. The van der Waals surface area contributed by atoms with Gasteiger partial charge in [-0.2, -0.15) is 0 Å². The third-order valence-corrected chi connectivity index (χ3v) is 14.4. The monoisotopic (exact) mass is 896 g/mol. The lowest BCUT2D eigenvalue weighted by molar-refractivity contribution is -0.140. The maximum absolute atomic E-state index is 12.9. The summed E-state index contributed by atoms with van der Waals surface area (Å²) in [4.78, 5) is 101. The number of aliphatic imine (C=N–C) groups is 3. The number of primary amides is 2. The van der Waals surface area contributed by atoms with Crippen molar-refractivity contribution in [2.24, 2.45) is 83.4 Å². The quantitative estimate of drug-likeness (QED) is 0.0586. The third-order valence-electron chi connectivity index (χ3n) is 14.4. The smallest absolute Gasteiger partial charge is 0.303 e. The fourth-order valence-electron chi connectivity index (χ4n) is 10.6. The zero-order valence-corrected chi connectivity index (χ0v) is 38.6. The Kier molecular flexibility index (Phi) is 16.8. The highest BCUT2D eigenvalue weighted by atomic mass is 16.4. The maximum atomic E-state index is 12.9. The van der Waals surface area contributed by atoms with E-state index in [1.54, 1.807) is 60.8 Å². The second-order valence-electron chi connectivity index (χ2n) is 19.5. The normalized spacial score (nSPS) is 28.1. The summed E-state index contributed by atoms with van der Waals surface area (Å²) < 4.78 is 0. The van der Waals surface area contributed by atoms with E-state index >= 15 is 0 Å². The number of carboxylic acid groups (broad SMARTS) is 5. The van der Waals surface area contributed by atoms with Crippen LogP contribution in [0.2, 0.25) is 0 Å². The number of hydrogen-bond acceptors (Lipinski definition) is 11. The number of carboxylic acids is 5. The molecule has 9 atom stereocenters. The number of carbonyl (C=O) groups is 7. The standard InChI is InChI=1S/C46H68N6O12/c1-23(2)39(49)27(11-14-35(57)58)46(9,21-33(48)54)25(4)41-29(18-38(63)64)45(8,17-16-37(61)62)42(52-41)24(3)40-28(12-15-36(59)60)43(5,6)31(51-40)19-30-26(10-13-34(55)56)44(7,22-50-30)20-32(47)53/h19,22,25-29,41H,10-18,20-21,49H2,1-9H3,(H2,47,53)(H2,48,54)(H,55,56)(H,57,58)(H,59,60)(H,61,62)(H,63,64)/b30-19-,40-24-. The first-order valence-corrected chi connectivity index (χ1v) is 21.7. The Labute approximate surface area is 374 Å². The van der Waals surface area contributed by atoms with Crippen molar-refractivity contribution in [2.45, 2.75) is 139 Å². The molecule has 18 heteroatoms. The molecule has 64 heavy (non-hydrogen) atoms. The van der Waals surface area contributed by atoms with E-state index in [9.17, 15) is 59.1 Å². The summed E-state index contributed by atoms with van der Waals surface area (Å²) in [5.41, 5.74) is 17.3. The molecule has 354 valence electrons. The molecule has 0 saturated carbocycles. The van der Waals surface area contributed by atoms with E-state index < -0.39 is 105 Å². The molecule has 0 aromatic rings. The highest BCUT2D eigenvalue weighted by Crippen LogP contribution is 2.56. The average molecular weight is 897 g/mol. The van der Waals surface area contributed by atoms with Crippen molar-refractivity contribution >= 4 is 59.3 Å². The largest absolute Gasteiger partial charge is 0.481 e. The zero-order chi connectivity index (χ0) is 48.9. The van der Waals surface area contributed by atoms with E-state index in [1.165, 1.54) is 0 Å². The topological polar surface area (TPSA) is 336 Å². The van der Waals surface area contributed by atoms with Crippen LogP contribution in [-0.4, -0.2) is 90.9 Å². The number of aliphatic carboxylic acids is 5. The summed E-state index contributed by atoms with van der Waals surface area (Å²) in [6, 6.07) is -0.898. The Morgan fingerprint density at radius 3 is 1.83 bits per heavy atom. The van der Waals surface area contributed by atoms with Gasteiger partial charge in [0.15, 0.2) is 0 Å². The van der Waals surface area contributed by atoms with Crippen LogP contribution in [0.1, 0.15) is 133 Å². The van der Waals surface area contributed by atoms with Gasteiger partial charge in [-0.15, -0.1) is 0 Å². The highest BCUT2D eigenvalue weighted by molar-refractivity contribution is 6.09. The molecule has 3 aliphatic rings. The number of amides is 2. The van der Waals surface area contributed by atoms with Gasteiger partial charge >= 0.3 is 29.8 Å². The van der Waals surface area contributed by atoms with E-state index in [0.717, 1.165) is 0 Å². The molecule has 0 radical (unpaired) electrons. The Hall–Kier alpha value is -5.68. The SMILES string of the molecule is CC(C)=C(N)C(CCC(=O)O)C(C)(CC(N)=O)C(C)C1N=C(/C(C)=C2N=C(/C=C3\N=CC(C)(CC(N)=O)C3CCC(=O)O)C(C)(C)C\2CCC(=O)O)C(C)(CCC(=O)O)C1CC(=O)O. The lowest BCUT2D eigenvalue weighted by Crippen LogP contribution is -2.48. The van der Waals surface area contributed by atoms with Crippen LogP contribution in [0.25, 0.3) is 0 Å². The molecule has 2 amide bonds. The predicted molar refractivity (Wildman–Crippen MR) is 239 cm³/mol. The number of hydrogen-bond donors (Lipinski definition) is 8. The fourth-order valence-corrected chi connectivity index (χ4v) is 10.6. The highest BCUT2D eigenvalue weighted by Gasteiger charge is 2.56. The first-order valence-electron chi connectivity index (χ1n) is 21.7. The van der Waals surface area contributed by atoms with E-state index in [1.807, 2.05) is 13.8 Å². The van der Waals surface area contributed by atoms with Crippen molar-refractivity contribution in [1.82, 2.24) is 0 Å². The number of allylic oxidation sites excluding steroid dienone is 6. The lowest BCUT2D eigenvalue weighted by atomic mass is 9.57. The predicted octanol–water partition coefficient (Wildman–Crippen LogP) is 5.59. The number of carbonyl (C=O) groups excluding carboxylic acids is 2. The van der Waals surface area contributed by atoms with Gasteiger partial charge in [-0.25, -0.2) is 0 Å². The maximum Gasteiger partial charge on any atom is 0.303 e. The van der Waals surface area contributed by atoms with Crippen LogP contribution >= 0.6 is 0 Å². The van der Waals surface area contributed by atoms with Crippen molar-refractivity contribution in [1.29, 1.82) is 0 Å². The molecule has 0 spiro atoms. The van der Waals surface area contributed by atoms with Crippen LogP contribution in [0, 0.1) is 51.2 Å². The van der Waals surface area contributed by atoms with Gasteiger partial charge in [-0.3, -0.25) is 48.5 Å². The average Bonchev–Trinajstić information content (AvgIpc) is 3.71. The van der Waals surface area contributed by atoms with Crippen LogP contribution in [-0.2, 0) is 33.6 Å². The van der Waals surface area contributed by atoms with Crippen molar-refractivity contribution in [3.63, 3.8) is 0 Å². The molecular formula is C46H68N6O12. The van der Waals surface area contributed by atoms with Gasteiger partial charge in [-0.1, -0.05) is 47.1 Å². The van der Waals surface area contributed by atoms with Crippen LogP contribution in [0.5, 0.6) is 0 Å². The lowest BCUT2D eigenvalue weighted by Gasteiger charge is -2.46. The summed E-state index contributed by atoms with van der Waals surface area (Å²) in [6.07, 6.45) is 1.61. The molecule has 0 fully saturated rings. The van der Waals surface area contributed by atoms with Gasteiger partial charge in [0.2, 0.25) is 11.8 Å². The van der Waals surface area contributed by atoms with Gasteiger partial charge in [0.25, 0.3) is 0 Å². The minimum Gasteiger partial charge on any atom is -0.481 e. The summed E-state index contributed by atoms with van der Waals surface area (Å²) in [5.74, 6) is -10.2. The Morgan fingerprint density at radius 2 is 1.34 bits per heavy atom. The molecule has 3 heterocycles. The number of nitrogens with zero attached hydrogens (tertiary/aromatic N) is 3. The summed E-state index contributed by atoms with van der Waals surface area (Å²) >= 11 is 0. The molecule has 0 bridgehead atoms. The van der Waals surface area contributed by atoms with Crippen LogP contribution in [0.4, 0.5) is 0 Å². The van der Waals surface area contributed by atoms with Crippen molar-refractivity contribution in [3.05, 3.63) is 34.3 Å². The molecule has 0 aliphatic carbocycles. The van der Waals surface area contributed by atoms with Gasteiger partial charge < -0.3 is 42.7 Å². The van der Waals surface area contributed by atoms with Gasteiger partial charge in [0, 0.05) is 113 Å². The first-order chi connectivity index (χ1) is 29.4. The summed E-state index contributed by atoms with van der Waals surface area (Å²) in [6.45, 7) is 16.2. The number of rotatable bonds is 24. The first kappa shape index (κ1) is 52.7. The Balaban J connectivity index is 2.46. The zero-order valence-electron chi connectivity index (χ0n) is 38.6. The minimum absolute atomic E-state index is 0.0307. The van der Waals surface area contributed by atoms with Gasteiger partial charge in [0.05, 0.1) is 12.5 Å². The van der Waals surface area contributed by atoms with E-state index in [-0.39, 0.29) is 64.2 Å². The fraction of sp³-hybridized carbons (Fsp3) is 0.652. The summed E-state index contributed by atoms with van der Waals surface area (Å²) in [5, 5.41) is 49.7. The molecule has 0 aromatic carbocycles. The Morgan fingerprint density at radius 1 is 0.797 bits per heavy atom. The Bertz CT molecular complexity index is 2100. The molecular weight excluding hydrogens is 829 g/mol. The van der Waals surface area contributed by atoms with Crippen molar-refractivity contribution in [3.8, 4) is 0 Å². The van der Waals surface area contributed by atoms with E-state index in [2.05, 4.69) is 4.99 Å². The molecule has 18 nitrogen and oxygen atoms in total. The molecule has 0 saturated heterocycles. The number of nitrogens with two attached hydrogens (primary N) is 3. The second-order valence-corrected chi connectivity index (χ2v) is 19.5. The van der Waals surface area contributed by atoms with Crippen molar-refractivity contribution in [2.75, 3.05) is 0 Å². The molecule has 11 N–H and O–H groups in total. The second kappa shape index (κ2) is 20.4. The molecule has 3 aliphatic heterocycles. The van der Waals surface area contributed by atoms with Crippen LogP contribution in [0.15, 0.2) is 49.3 Å².